The van der Waals surface area contributed by atoms with E-state index in [-0.39, 0.29) is 16.6 Å². The largest absolute Gasteiger partial charge is 0.263 e. The van der Waals surface area contributed by atoms with Crippen LogP contribution in [0.4, 0.5) is 0 Å². The zero-order chi connectivity index (χ0) is 14.2. The fraction of sp³-hybridized carbons (Fsp3) is 0.444. The van der Waals surface area contributed by atoms with Crippen molar-refractivity contribution in [1.82, 2.24) is 29.3 Å². The number of aromatic nitrogens is 5. The lowest BCUT2D eigenvalue weighted by Crippen LogP contribution is -2.29. The summed E-state index contributed by atoms with van der Waals surface area (Å²) in [7, 11) is -0.786. The molecule has 0 spiro atoms. The van der Waals surface area contributed by atoms with Gasteiger partial charge in [-0.05, 0) is 6.92 Å². The molecule has 0 unspecified atom stereocenters. The summed E-state index contributed by atoms with van der Waals surface area (Å²) in [5.74, 6) is 1.02. The molecule has 104 valence electrons. The van der Waals surface area contributed by atoms with Gasteiger partial charge < -0.3 is 0 Å². The fourth-order valence-electron chi connectivity index (χ4n) is 1.58. The highest BCUT2D eigenvalue weighted by atomic mass is 35.5. The minimum absolute atomic E-state index is 0.0498. The van der Waals surface area contributed by atoms with E-state index in [0.29, 0.717) is 11.6 Å². The van der Waals surface area contributed by atoms with Gasteiger partial charge in [0.05, 0.1) is 17.8 Å². The Morgan fingerprint density at radius 2 is 2.21 bits per heavy atom. The first-order chi connectivity index (χ1) is 8.82. The zero-order valence-electron chi connectivity index (χ0n) is 10.6. The van der Waals surface area contributed by atoms with Gasteiger partial charge in [0, 0.05) is 14.1 Å². The predicted octanol–water partition coefficient (Wildman–Crippen LogP) is 0.321. The molecule has 0 bridgehead atoms. The standard InChI is InChI=1S/C9H13ClN6O2S/c1-6-12-8(14-13-6)5-15(2)19(17,18)9-7(10)4-11-16(9)3/h4H,5H2,1-3H3,(H,12,13,14). The molecule has 0 aliphatic carbocycles. The molecule has 2 aromatic heterocycles. The molecule has 0 saturated heterocycles. The van der Waals surface area contributed by atoms with E-state index in [1.807, 2.05) is 0 Å². The Morgan fingerprint density at radius 1 is 1.53 bits per heavy atom. The van der Waals surface area contributed by atoms with Crippen molar-refractivity contribution in [2.75, 3.05) is 7.05 Å². The average molecular weight is 305 g/mol. The highest BCUT2D eigenvalue weighted by Crippen LogP contribution is 2.23. The van der Waals surface area contributed by atoms with Crippen molar-refractivity contribution in [2.45, 2.75) is 18.5 Å². The van der Waals surface area contributed by atoms with Gasteiger partial charge in [0.25, 0.3) is 10.0 Å². The van der Waals surface area contributed by atoms with Crippen molar-refractivity contribution in [3.8, 4) is 0 Å². The Kier molecular flexibility index (Phi) is 3.61. The van der Waals surface area contributed by atoms with Gasteiger partial charge in [-0.3, -0.25) is 9.78 Å². The Morgan fingerprint density at radius 3 is 2.68 bits per heavy atom. The number of sulfonamides is 1. The summed E-state index contributed by atoms with van der Waals surface area (Å²) in [4.78, 5) is 4.06. The van der Waals surface area contributed by atoms with E-state index in [9.17, 15) is 8.42 Å². The van der Waals surface area contributed by atoms with Crippen LogP contribution in [0.5, 0.6) is 0 Å². The van der Waals surface area contributed by atoms with Crippen LogP contribution in [0.25, 0.3) is 0 Å². The van der Waals surface area contributed by atoms with E-state index in [0.717, 1.165) is 4.31 Å². The van der Waals surface area contributed by atoms with Crippen LogP contribution in [0.2, 0.25) is 5.02 Å². The minimum atomic E-state index is -3.74. The lowest BCUT2D eigenvalue weighted by atomic mass is 10.6. The van der Waals surface area contributed by atoms with E-state index < -0.39 is 10.0 Å². The summed E-state index contributed by atoms with van der Waals surface area (Å²) in [5.41, 5.74) is 0. The second-order valence-corrected chi connectivity index (χ2v) is 6.39. The van der Waals surface area contributed by atoms with Gasteiger partial charge in [-0.2, -0.15) is 14.5 Å². The predicted molar refractivity (Wildman–Crippen MR) is 68.0 cm³/mol. The van der Waals surface area contributed by atoms with Gasteiger partial charge in [0.15, 0.2) is 10.9 Å². The quantitative estimate of drug-likeness (QED) is 0.877. The van der Waals surface area contributed by atoms with E-state index in [1.54, 1.807) is 6.92 Å². The maximum absolute atomic E-state index is 12.4. The third kappa shape index (κ3) is 2.62. The second kappa shape index (κ2) is 4.91. The van der Waals surface area contributed by atoms with Crippen molar-refractivity contribution in [1.29, 1.82) is 0 Å². The Balaban J connectivity index is 2.30. The molecule has 0 aromatic carbocycles. The number of hydrogen-bond acceptors (Lipinski definition) is 5. The molecule has 0 fully saturated rings. The third-order valence-corrected chi connectivity index (χ3v) is 4.82. The fourth-order valence-corrected chi connectivity index (χ4v) is 3.30. The number of rotatable bonds is 4. The van der Waals surface area contributed by atoms with Crippen LogP contribution >= 0.6 is 11.6 Å². The molecule has 0 aliphatic heterocycles. The van der Waals surface area contributed by atoms with Crippen LogP contribution in [-0.4, -0.2) is 44.7 Å². The summed E-state index contributed by atoms with van der Waals surface area (Å²) in [6, 6.07) is 0. The highest BCUT2D eigenvalue weighted by molar-refractivity contribution is 7.89. The topological polar surface area (TPSA) is 96.8 Å². The van der Waals surface area contributed by atoms with Crippen molar-refractivity contribution >= 4 is 21.6 Å². The van der Waals surface area contributed by atoms with Gasteiger partial charge in [0.1, 0.15) is 5.82 Å². The van der Waals surface area contributed by atoms with Crippen LogP contribution in [0, 0.1) is 6.92 Å². The number of nitrogens with zero attached hydrogens (tertiary/aromatic N) is 5. The maximum atomic E-state index is 12.4. The molecule has 2 rings (SSSR count). The average Bonchev–Trinajstić information content (AvgIpc) is 2.85. The SMILES string of the molecule is Cc1nc(CN(C)S(=O)(=O)c2c(Cl)cnn2C)n[nH]1. The lowest BCUT2D eigenvalue weighted by molar-refractivity contribution is 0.449. The first-order valence-electron chi connectivity index (χ1n) is 5.34. The molecule has 10 heteroatoms. The molecule has 0 aliphatic rings. The van der Waals surface area contributed by atoms with Gasteiger partial charge in [-0.15, -0.1) is 0 Å². The molecule has 0 saturated carbocycles. The summed E-state index contributed by atoms with van der Waals surface area (Å²) in [6.07, 6.45) is 1.29. The minimum Gasteiger partial charge on any atom is -0.263 e. The summed E-state index contributed by atoms with van der Waals surface area (Å²) < 4.78 is 27.1. The van der Waals surface area contributed by atoms with Gasteiger partial charge in [-0.1, -0.05) is 11.6 Å². The van der Waals surface area contributed by atoms with Gasteiger partial charge >= 0.3 is 0 Å². The number of halogens is 1. The summed E-state index contributed by atoms with van der Waals surface area (Å²) >= 11 is 5.85. The molecule has 2 heterocycles. The molecule has 2 aromatic rings. The number of nitrogens with one attached hydrogen (secondary N) is 1. The van der Waals surface area contributed by atoms with E-state index >= 15 is 0 Å². The molecular weight excluding hydrogens is 292 g/mol. The van der Waals surface area contributed by atoms with Crippen LogP contribution < -0.4 is 0 Å². The van der Waals surface area contributed by atoms with Crippen LogP contribution in [0.15, 0.2) is 11.2 Å². The molecule has 0 atom stereocenters. The maximum Gasteiger partial charge on any atom is 0.261 e. The highest BCUT2D eigenvalue weighted by Gasteiger charge is 2.28. The smallest absolute Gasteiger partial charge is 0.261 e. The lowest BCUT2D eigenvalue weighted by Gasteiger charge is -2.15. The Hall–Kier alpha value is -1.45. The third-order valence-electron chi connectivity index (χ3n) is 2.50. The van der Waals surface area contributed by atoms with Crippen molar-refractivity contribution < 1.29 is 8.42 Å². The number of H-pyrrole nitrogens is 1. The normalized spacial score (nSPS) is 12.3. The molecule has 19 heavy (non-hydrogen) atoms. The number of aromatic amines is 1. The first-order valence-corrected chi connectivity index (χ1v) is 7.16. The van der Waals surface area contributed by atoms with Crippen LogP contribution in [0.3, 0.4) is 0 Å². The zero-order valence-corrected chi connectivity index (χ0v) is 12.2. The molecule has 1 N–H and O–H groups in total. The Labute approximate surface area is 115 Å². The Bertz CT molecular complexity index is 672. The van der Waals surface area contributed by atoms with Crippen molar-refractivity contribution in [3.05, 3.63) is 22.9 Å². The summed E-state index contributed by atoms with van der Waals surface area (Å²) in [5, 5.41) is 10.4. The van der Waals surface area contributed by atoms with Crippen LogP contribution in [-0.2, 0) is 23.6 Å². The molecule has 0 amide bonds. The second-order valence-electron chi connectivity index (χ2n) is 4.02. The number of hydrogen-bond donors (Lipinski definition) is 1. The van der Waals surface area contributed by atoms with Crippen molar-refractivity contribution in [3.63, 3.8) is 0 Å². The van der Waals surface area contributed by atoms with Crippen molar-refractivity contribution in [2.24, 2.45) is 7.05 Å². The van der Waals surface area contributed by atoms with E-state index in [4.69, 9.17) is 11.6 Å². The van der Waals surface area contributed by atoms with E-state index in [2.05, 4.69) is 20.3 Å². The van der Waals surface area contributed by atoms with Crippen LogP contribution in [0.1, 0.15) is 11.6 Å². The molecular formula is C9H13ClN6O2S. The molecule has 8 nitrogen and oxygen atoms in total. The summed E-state index contributed by atoms with van der Waals surface area (Å²) in [6.45, 7) is 1.79. The first kappa shape index (κ1) is 14.0. The number of aryl methyl sites for hydroxylation is 2. The van der Waals surface area contributed by atoms with Gasteiger partial charge in [0.2, 0.25) is 0 Å². The van der Waals surface area contributed by atoms with E-state index in [1.165, 1.54) is 25.0 Å². The monoisotopic (exact) mass is 304 g/mol. The molecule has 0 radical (unpaired) electrons. The van der Waals surface area contributed by atoms with Gasteiger partial charge in [-0.25, -0.2) is 13.4 Å².